The second-order valence-electron chi connectivity index (χ2n) is 5.42. The van der Waals surface area contributed by atoms with Crippen molar-refractivity contribution in [3.05, 3.63) is 41.7 Å². The van der Waals surface area contributed by atoms with Crippen LogP contribution in [0.3, 0.4) is 0 Å². The Labute approximate surface area is 140 Å². The van der Waals surface area contributed by atoms with Crippen LogP contribution in [-0.2, 0) is 4.74 Å². The van der Waals surface area contributed by atoms with Gasteiger partial charge in [-0.3, -0.25) is 4.79 Å². The van der Waals surface area contributed by atoms with Crippen LogP contribution in [0.4, 0.5) is 11.6 Å². The van der Waals surface area contributed by atoms with Gasteiger partial charge in [0.05, 0.1) is 37.3 Å². The number of hydrogen-bond donors (Lipinski definition) is 1. The Morgan fingerprint density at radius 2 is 2.04 bits per heavy atom. The first-order valence-electron chi connectivity index (χ1n) is 7.79. The number of carbonyl (C=O) groups excluding carboxylic acids is 1. The third-order valence-electron chi connectivity index (χ3n) is 3.86. The van der Waals surface area contributed by atoms with Gasteiger partial charge in [-0.2, -0.15) is 0 Å². The molecule has 0 unspecified atom stereocenters. The van der Waals surface area contributed by atoms with Gasteiger partial charge in [-0.15, -0.1) is 0 Å². The normalized spacial score (nSPS) is 14.3. The molecule has 24 heavy (non-hydrogen) atoms. The SMILES string of the molecule is COc1ccccc1NC(=O)c1cnc(N2CCOCC2)nc1C. The van der Waals surface area contributed by atoms with Gasteiger partial charge in [0.25, 0.3) is 5.91 Å². The zero-order valence-electron chi connectivity index (χ0n) is 13.8. The first-order valence-corrected chi connectivity index (χ1v) is 7.79. The van der Waals surface area contributed by atoms with Crippen molar-refractivity contribution in [2.24, 2.45) is 0 Å². The summed E-state index contributed by atoms with van der Waals surface area (Å²) < 4.78 is 10.6. The van der Waals surface area contributed by atoms with E-state index in [1.54, 1.807) is 25.4 Å². The number of nitrogens with zero attached hydrogens (tertiary/aromatic N) is 3. The number of aromatic nitrogens is 2. The highest BCUT2D eigenvalue weighted by atomic mass is 16.5. The maximum Gasteiger partial charge on any atom is 0.259 e. The summed E-state index contributed by atoms with van der Waals surface area (Å²) in [6.45, 7) is 4.65. The van der Waals surface area contributed by atoms with Crippen molar-refractivity contribution in [3.63, 3.8) is 0 Å². The van der Waals surface area contributed by atoms with Crippen LogP contribution in [0.1, 0.15) is 16.1 Å². The Morgan fingerprint density at radius 3 is 2.75 bits per heavy atom. The van der Waals surface area contributed by atoms with E-state index in [-0.39, 0.29) is 5.91 Å². The third kappa shape index (κ3) is 3.46. The number of para-hydroxylation sites is 2. The molecule has 0 saturated carbocycles. The standard InChI is InChI=1S/C17H20N4O3/c1-12-13(11-18-17(19-12)21-7-9-24-10-8-21)16(22)20-14-5-3-4-6-15(14)23-2/h3-6,11H,7-10H2,1-2H3,(H,20,22). The minimum atomic E-state index is -0.259. The van der Waals surface area contributed by atoms with E-state index >= 15 is 0 Å². The second-order valence-corrected chi connectivity index (χ2v) is 5.42. The molecule has 7 nitrogen and oxygen atoms in total. The highest BCUT2D eigenvalue weighted by Gasteiger charge is 2.18. The molecule has 7 heteroatoms. The molecule has 1 amide bonds. The number of nitrogens with one attached hydrogen (secondary N) is 1. The van der Waals surface area contributed by atoms with Crippen molar-refractivity contribution < 1.29 is 14.3 Å². The Kier molecular flexibility index (Phi) is 4.90. The Bertz CT molecular complexity index is 730. The van der Waals surface area contributed by atoms with E-state index in [1.807, 2.05) is 19.1 Å². The number of anilines is 2. The number of amides is 1. The van der Waals surface area contributed by atoms with Gasteiger partial charge in [0, 0.05) is 19.3 Å². The molecule has 2 heterocycles. The molecule has 2 aromatic rings. The minimum Gasteiger partial charge on any atom is -0.495 e. The van der Waals surface area contributed by atoms with Crippen LogP contribution >= 0.6 is 0 Å². The fraction of sp³-hybridized carbons (Fsp3) is 0.353. The van der Waals surface area contributed by atoms with Gasteiger partial charge in [-0.05, 0) is 19.1 Å². The molecule has 126 valence electrons. The summed E-state index contributed by atoms with van der Waals surface area (Å²) in [5, 5.41) is 2.84. The molecule has 1 fully saturated rings. The van der Waals surface area contributed by atoms with E-state index in [4.69, 9.17) is 9.47 Å². The van der Waals surface area contributed by atoms with Gasteiger partial charge in [-0.25, -0.2) is 9.97 Å². The van der Waals surface area contributed by atoms with E-state index in [0.29, 0.717) is 41.9 Å². The maximum atomic E-state index is 12.5. The monoisotopic (exact) mass is 328 g/mol. The van der Waals surface area contributed by atoms with Crippen LogP contribution in [0, 0.1) is 6.92 Å². The third-order valence-corrected chi connectivity index (χ3v) is 3.86. The number of hydrogen-bond acceptors (Lipinski definition) is 6. The minimum absolute atomic E-state index is 0.259. The Morgan fingerprint density at radius 1 is 1.29 bits per heavy atom. The van der Waals surface area contributed by atoms with Crippen LogP contribution < -0.4 is 15.0 Å². The van der Waals surface area contributed by atoms with Gasteiger partial charge >= 0.3 is 0 Å². The topological polar surface area (TPSA) is 76.6 Å². The molecule has 0 atom stereocenters. The quantitative estimate of drug-likeness (QED) is 0.923. The zero-order valence-corrected chi connectivity index (χ0v) is 13.8. The smallest absolute Gasteiger partial charge is 0.259 e. The van der Waals surface area contributed by atoms with Crippen molar-refractivity contribution >= 4 is 17.5 Å². The molecule has 0 radical (unpaired) electrons. The number of ether oxygens (including phenoxy) is 2. The summed E-state index contributed by atoms with van der Waals surface area (Å²) >= 11 is 0. The molecule has 0 spiro atoms. The zero-order chi connectivity index (χ0) is 16.9. The van der Waals surface area contributed by atoms with Gasteiger partial charge < -0.3 is 19.7 Å². The molecule has 0 bridgehead atoms. The van der Waals surface area contributed by atoms with Crippen LogP contribution in [0.2, 0.25) is 0 Å². The molecule has 1 aliphatic heterocycles. The van der Waals surface area contributed by atoms with E-state index in [9.17, 15) is 4.79 Å². The predicted octanol–water partition coefficient (Wildman–Crippen LogP) is 1.88. The molecule has 1 aromatic carbocycles. The number of rotatable bonds is 4. The molecule has 1 saturated heterocycles. The van der Waals surface area contributed by atoms with Crippen molar-refractivity contribution in [2.75, 3.05) is 43.6 Å². The average molecular weight is 328 g/mol. The van der Waals surface area contributed by atoms with E-state index in [2.05, 4.69) is 20.2 Å². The highest BCUT2D eigenvalue weighted by molar-refractivity contribution is 6.05. The summed E-state index contributed by atoms with van der Waals surface area (Å²) in [6.07, 6.45) is 1.57. The fourth-order valence-corrected chi connectivity index (χ4v) is 2.53. The van der Waals surface area contributed by atoms with Gasteiger partial charge in [0.15, 0.2) is 0 Å². The Balaban J connectivity index is 1.77. The van der Waals surface area contributed by atoms with E-state index < -0.39 is 0 Å². The van der Waals surface area contributed by atoms with Gasteiger partial charge in [0.1, 0.15) is 5.75 Å². The lowest BCUT2D eigenvalue weighted by atomic mass is 10.2. The van der Waals surface area contributed by atoms with E-state index in [1.165, 1.54) is 0 Å². The molecule has 1 N–H and O–H groups in total. The molecule has 0 aliphatic carbocycles. The van der Waals surface area contributed by atoms with Crippen LogP contribution in [0.15, 0.2) is 30.5 Å². The number of aryl methyl sites for hydroxylation is 1. The van der Waals surface area contributed by atoms with Gasteiger partial charge in [0.2, 0.25) is 5.95 Å². The van der Waals surface area contributed by atoms with Crippen molar-refractivity contribution in [3.8, 4) is 5.75 Å². The summed E-state index contributed by atoms with van der Waals surface area (Å²) in [6, 6.07) is 7.26. The number of benzene rings is 1. The maximum absolute atomic E-state index is 12.5. The molecule has 1 aromatic heterocycles. The fourth-order valence-electron chi connectivity index (χ4n) is 2.53. The largest absolute Gasteiger partial charge is 0.495 e. The summed E-state index contributed by atoms with van der Waals surface area (Å²) in [4.78, 5) is 23.4. The van der Waals surface area contributed by atoms with Crippen molar-refractivity contribution in [1.29, 1.82) is 0 Å². The molecular weight excluding hydrogens is 308 g/mol. The first-order chi connectivity index (χ1) is 11.7. The lowest BCUT2D eigenvalue weighted by Gasteiger charge is -2.27. The van der Waals surface area contributed by atoms with Crippen LogP contribution in [-0.4, -0.2) is 49.3 Å². The lowest BCUT2D eigenvalue weighted by Crippen LogP contribution is -2.37. The van der Waals surface area contributed by atoms with Crippen LogP contribution in [0.5, 0.6) is 5.75 Å². The molecular formula is C17H20N4O3. The summed E-state index contributed by atoms with van der Waals surface area (Å²) in [5.41, 5.74) is 1.69. The number of carbonyl (C=O) groups is 1. The molecule has 1 aliphatic rings. The summed E-state index contributed by atoms with van der Waals surface area (Å²) in [5.74, 6) is 0.976. The average Bonchev–Trinajstić information content (AvgIpc) is 2.62. The van der Waals surface area contributed by atoms with Gasteiger partial charge in [-0.1, -0.05) is 12.1 Å². The first kappa shape index (κ1) is 16.2. The Hall–Kier alpha value is -2.67. The predicted molar refractivity (Wildman–Crippen MR) is 90.7 cm³/mol. The van der Waals surface area contributed by atoms with E-state index in [0.717, 1.165) is 13.1 Å². The lowest BCUT2D eigenvalue weighted by molar-refractivity contribution is 0.102. The summed E-state index contributed by atoms with van der Waals surface area (Å²) in [7, 11) is 1.57. The van der Waals surface area contributed by atoms with Crippen LogP contribution in [0.25, 0.3) is 0 Å². The number of morpholine rings is 1. The van der Waals surface area contributed by atoms with Crippen molar-refractivity contribution in [1.82, 2.24) is 9.97 Å². The molecule has 3 rings (SSSR count). The number of methoxy groups -OCH3 is 1. The highest BCUT2D eigenvalue weighted by Crippen LogP contribution is 2.24. The second kappa shape index (κ2) is 7.27. The van der Waals surface area contributed by atoms with Crippen molar-refractivity contribution in [2.45, 2.75) is 6.92 Å².